The predicted octanol–water partition coefficient (Wildman–Crippen LogP) is 2.89. The van der Waals surface area contributed by atoms with E-state index in [9.17, 15) is 9.59 Å². The molecular formula is C23H26N4O4. The van der Waals surface area contributed by atoms with E-state index in [2.05, 4.69) is 10.4 Å². The largest absolute Gasteiger partial charge is 0.493 e. The Morgan fingerprint density at radius 2 is 1.71 bits per heavy atom. The van der Waals surface area contributed by atoms with E-state index in [0.717, 1.165) is 11.1 Å². The molecule has 1 aromatic heterocycles. The number of carbonyl (C=O) groups excluding carboxylic acids is 2. The van der Waals surface area contributed by atoms with Gasteiger partial charge in [0.15, 0.2) is 17.2 Å². The summed E-state index contributed by atoms with van der Waals surface area (Å²) in [5, 5.41) is 7.07. The zero-order chi connectivity index (χ0) is 22.4. The number of nitrogens with zero attached hydrogens (tertiary/aromatic N) is 3. The molecule has 1 N–H and O–H groups in total. The van der Waals surface area contributed by atoms with Crippen molar-refractivity contribution in [3.8, 4) is 11.5 Å². The molecule has 0 aliphatic rings. The van der Waals surface area contributed by atoms with Gasteiger partial charge in [-0.3, -0.25) is 14.3 Å². The van der Waals surface area contributed by atoms with Gasteiger partial charge in [0.05, 0.1) is 20.6 Å². The molecule has 2 amide bonds. The van der Waals surface area contributed by atoms with Gasteiger partial charge in [-0.25, -0.2) is 0 Å². The first-order valence-corrected chi connectivity index (χ1v) is 9.75. The van der Waals surface area contributed by atoms with Crippen molar-refractivity contribution in [2.45, 2.75) is 13.0 Å². The van der Waals surface area contributed by atoms with Crippen molar-refractivity contribution in [3.05, 3.63) is 71.4 Å². The number of aromatic nitrogens is 2. The van der Waals surface area contributed by atoms with E-state index in [1.807, 2.05) is 42.5 Å². The number of rotatable bonds is 8. The summed E-state index contributed by atoms with van der Waals surface area (Å²) in [6.07, 6.45) is 0.245. The molecule has 0 saturated carbocycles. The van der Waals surface area contributed by atoms with Gasteiger partial charge in [-0.05, 0) is 23.3 Å². The van der Waals surface area contributed by atoms with Crippen LogP contribution < -0.4 is 14.8 Å². The zero-order valence-corrected chi connectivity index (χ0v) is 18.1. The van der Waals surface area contributed by atoms with Gasteiger partial charge in [-0.15, -0.1) is 0 Å². The molecule has 0 aliphatic heterocycles. The molecule has 2 aromatic carbocycles. The first kappa shape index (κ1) is 21.9. The average Bonchev–Trinajstić information content (AvgIpc) is 3.13. The quantitative estimate of drug-likeness (QED) is 0.603. The predicted molar refractivity (Wildman–Crippen MR) is 117 cm³/mol. The lowest BCUT2D eigenvalue weighted by atomic mass is 10.1. The molecule has 0 saturated heterocycles. The first-order valence-electron chi connectivity index (χ1n) is 9.75. The highest BCUT2D eigenvalue weighted by atomic mass is 16.5. The van der Waals surface area contributed by atoms with Crippen LogP contribution in [0.25, 0.3) is 0 Å². The van der Waals surface area contributed by atoms with Crippen LogP contribution in [0.4, 0.5) is 5.82 Å². The highest BCUT2D eigenvalue weighted by Gasteiger charge is 2.19. The van der Waals surface area contributed by atoms with Crippen molar-refractivity contribution in [1.29, 1.82) is 0 Å². The summed E-state index contributed by atoms with van der Waals surface area (Å²) in [6, 6.07) is 16.5. The van der Waals surface area contributed by atoms with Crippen molar-refractivity contribution in [3.63, 3.8) is 0 Å². The Hall–Kier alpha value is -3.81. The molecule has 162 valence electrons. The monoisotopic (exact) mass is 422 g/mol. The van der Waals surface area contributed by atoms with Crippen LogP contribution >= 0.6 is 0 Å². The second-order valence-corrected chi connectivity index (χ2v) is 7.10. The normalized spacial score (nSPS) is 10.5. The van der Waals surface area contributed by atoms with Crippen molar-refractivity contribution < 1.29 is 19.1 Å². The molecule has 0 fully saturated rings. The lowest BCUT2D eigenvalue weighted by Gasteiger charge is -2.17. The standard InChI is InChI=1S/C23H26N4O4/c1-26(15-17-10-11-19(30-3)20(12-17)31-4)23(29)18-14-21(27(2)25-18)24-22(28)13-16-8-6-5-7-9-16/h5-12,14H,13,15H2,1-4H3,(H,24,28). The summed E-state index contributed by atoms with van der Waals surface area (Å²) in [4.78, 5) is 26.7. The SMILES string of the molecule is COc1ccc(CN(C)C(=O)c2cc(NC(=O)Cc3ccccc3)n(C)n2)cc1OC. The minimum Gasteiger partial charge on any atom is -0.493 e. The maximum Gasteiger partial charge on any atom is 0.274 e. The zero-order valence-electron chi connectivity index (χ0n) is 18.1. The number of anilines is 1. The van der Waals surface area contributed by atoms with E-state index in [1.165, 1.54) is 4.68 Å². The summed E-state index contributed by atoms with van der Waals surface area (Å²) in [5.74, 6) is 1.26. The van der Waals surface area contributed by atoms with Crippen LogP contribution in [0.2, 0.25) is 0 Å². The van der Waals surface area contributed by atoms with E-state index in [4.69, 9.17) is 9.47 Å². The topological polar surface area (TPSA) is 85.7 Å². The number of ether oxygens (including phenoxy) is 2. The van der Waals surface area contributed by atoms with Gasteiger partial charge < -0.3 is 19.7 Å². The van der Waals surface area contributed by atoms with E-state index in [1.54, 1.807) is 45.3 Å². The Kier molecular flexibility index (Phi) is 6.92. The van der Waals surface area contributed by atoms with Gasteiger partial charge in [-0.2, -0.15) is 5.10 Å². The summed E-state index contributed by atoms with van der Waals surface area (Å²) in [7, 11) is 6.52. The Bertz CT molecular complexity index is 1060. The maximum absolute atomic E-state index is 12.9. The molecule has 8 nitrogen and oxygen atoms in total. The summed E-state index contributed by atoms with van der Waals surface area (Å²) >= 11 is 0. The van der Waals surface area contributed by atoms with Gasteiger partial charge in [0.2, 0.25) is 5.91 Å². The van der Waals surface area contributed by atoms with Crippen molar-refractivity contribution in [1.82, 2.24) is 14.7 Å². The minimum absolute atomic E-state index is 0.174. The van der Waals surface area contributed by atoms with Gasteiger partial charge >= 0.3 is 0 Å². The molecule has 3 rings (SSSR count). The third-order valence-electron chi connectivity index (χ3n) is 4.79. The van der Waals surface area contributed by atoms with Gasteiger partial charge in [0, 0.05) is 26.7 Å². The van der Waals surface area contributed by atoms with Crippen LogP contribution in [0.15, 0.2) is 54.6 Å². The number of benzene rings is 2. The highest BCUT2D eigenvalue weighted by Crippen LogP contribution is 2.28. The molecule has 3 aromatic rings. The number of hydrogen-bond donors (Lipinski definition) is 1. The second kappa shape index (κ2) is 9.80. The Labute approximate surface area is 181 Å². The summed E-state index contributed by atoms with van der Waals surface area (Å²) in [6.45, 7) is 0.367. The Morgan fingerprint density at radius 1 is 1.00 bits per heavy atom. The first-order chi connectivity index (χ1) is 14.9. The Morgan fingerprint density at radius 3 is 2.39 bits per heavy atom. The molecule has 0 unspecified atom stereocenters. The number of methoxy groups -OCH3 is 2. The maximum atomic E-state index is 12.9. The van der Waals surface area contributed by atoms with Crippen LogP contribution in [0.5, 0.6) is 11.5 Å². The van der Waals surface area contributed by atoms with Gasteiger partial charge in [-0.1, -0.05) is 36.4 Å². The van der Waals surface area contributed by atoms with Gasteiger partial charge in [0.1, 0.15) is 5.82 Å². The van der Waals surface area contributed by atoms with Crippen molar-refractivity contribution in [2.75, 3.05) is 26.6 Å². The minimum atomic E-state index is -0.256. The number of nitrogens with one attached hydrogen (secondary N) is 1. The van der Waals surface area contributed by atoms with Crippen molar-refractivity contribution in [2.24, 2.45) is 7.05 Å². The number of hydrogen-bond acceptors (Lipinski definition) is 5. The molecule has 0 spiro atoms. The summed E-state index contributed by atoms with van der Waals surface area (Å²) < 4.78 is 12.0. The lowest BCUT2D eigenvalue weighted by Crippen LogP contribution is -2.26. The third kappa shape index (κ3) is 5.42. The third-order valence-corrected chi connectivity index (χ3v) is 4.79. The number of aryl methyl sites for hydroxylation is 1. The van der Waals surface area contributed by atoms with E-state index < -0.39 is 0 Å². The second-order valence-electron chi connectivity index (χ2n) is 7.10. The fourth-order valence-electron chi connectivity index (χ4n) is 3.18. The number of amides is 2. The molecule has 0 aliphatic carbocycles. The average molecular weight is 422 g/mol. The molecule has 0 bridgehead atoms. The smallest absolute Gasteiger partial charge is 0.274 e. The van der Waals surface area contributed by atoms with Crippen LogP contribution in [-0.4, -0.2) is 47.8 Å². The molecule has 31 heavy (non-hydrogen) atoms. The fourth-order valence-corrected chi connectivity index (χ4v) is 3.18. The van der Waals surface area contributed by atoms with Crippen LogP contribution in [-0.2, 0) is 24.8 Å². The van der Waals surface area contributed by atoms with Crippen LogP contribution in [0.1, 0.15) is 21.6 Å². The summed E-state index contributed by atoms with van der Waals surface area (Å²) in [5.41, 5.74) is 2.05. The van der Waals surface area contributed by atoms with Crippen LogP contribution in [0.3, 0.4) is 0 Å². The number of carbonyl (C=O) groups is 2. The molecule has 0 radical (unpaired) electrons. The Balaban J connectivity index is 1.66. The van der Waals surface area contributed by atoms with Gasteiger partial charge in [0.25, 0.3) is 5.91 Å². The molecule has 1 heterocycles. The van der Waals surface area contributed by atoms with Crippen molar-refractivity contribution >= 4 is 17.6 Å². The fraction of sp³-hybridized carbons (Fsp3) is 0.261. The molecular weight excluding hydrogens is 396 g/mol. The van der Waals surface area contributed by atoms with E-state index in [-0.39, 0.29) is 23.9 Å². The van der Waals surface area contributed by atoms with Crippen LogP contribution in [0, 0.1) is 0 Å². The lowest BCUT2D eigenvalue weighted by molar-refractivity contribution is -0.115. The molecule has 0 atom stereocenters. The highest BCUT2D eigenvalue weighted by molar-refractivity contribution is 5.95. The van der Waals surface area contributed by atoms with E-state index >= 15 is 0 Å². The van der Waals surface area contributed by atoms with E-state index in [0.29, 0.717) is 23.9 Å². The molecule has 8 heteroatoms.